The van der Waals surface area contributed by atoms with Gasteiger partial charge in [-0.1, -0.05) is 270 Å². The van der Waals surface area contributed by atoms with Gasteiger partial charge in [0.25, 0.3) is 0 Å². The van der Waals surface area contributed by atoms with E-state index >= 15 is 0 Å². The largest absolute Gasteiger partial charge is 0.472 e. The van der Waals surface area contributed by atoms with Crippen molar-refractivity contribution in [1.82, 2.24) is 0 Å². The van der Waals surface area contributed by atoms with E-state index in [-0.39, 0.29) is 13.0 Å². The lowest BCUT2D eigenvalue weighted by atomic mass is 9.85. The number of aliphatic hydroxyl groups is 5. The Morgan fingerprint density at radius 3 is 1.08 bits per heavy atom. The normalized spacial score (nSPS) is 20.5. The molecule has 0 heterocycles. The van der Waals surface area contributed by atoms with Crippen molar-refractivity contribution in [3.63, 3.8) is 0 Å². The van der Waals surface area contributed by atoms with Crippen LogP contribution in [0.5, 0.6) is 0 Å². The minimum absolute atomic E-state index is 0.0700. The monoisotopic (exact) mass is 1060 g/mol. The van der Waals surface area contributed by atoms with Gasteiger partial charge in [-0.05, 0) is 38.5 Å². The molecule has 1 fully saturated rings. The van der Waals surface area contributed by atoms with E-state index in [2.05, 4.69) is 26.0 Å². The molecule has 0 aromatic carbocycles. The molecule has 13 heteroatoms. The minimum Gasteiger partial charge on any atom is -0.457 e. The van der Waals surface area contributed by atoms with E-state index in [1.54, 1.807) is 0 Å². The molecule has 1 aliphatic rings. The zero-order valence-electron chi connectivity index (χ0n) is 47.2. The fourth-order valence-electron chi connectivity index (χ4n) is 10.0. The number of rotatable bonds is 55. The summed E-state index contributed by atoms with van der Waals surface area (Å²) < 4.78 is 34.5. The molecule has 0 radical (unpaired) electrons. The molecule has 73 heavy (non-hydrogen) atoms. The van der Waals surface area contributed by atoms with Gasteiger partial charge in [-0.3, -0.25) is 13.8 Å². The molecule has 0 amide bonds. The summed E-state index contributed by atoms with van der Waals surface area (Å²) in [6.07, 6.45) is 48.6. The first kappa shape index (κ1) is 70.1. The van der Waals surface area contributed by atoms with Crippen molar-refractivity contribution in [3.8, 4) is 0 Å². The van der Waals surface area contributed by atoms with Crippen LogP contribution in [-0.4, -0.2) is 98.9 Å². The van der Waals surface area contributed by atoms with E-state index in [9.17, 15) is 39.8 Å². The molecule has 6 atom stereocenters. The van der Waals surface area contributed by atoms with Crippen LogP contribution < -0.4 is 0 Å². The van der Waals surface area contributed by atoms with Crippen molar-refractivity contribution in [2.75, 3.05) is 19.8 Å². The summed E-state index contributed by atoms with van der Waals surface area (Å²) in [6.45, 7) is 4.34. The van der Waals surface area contributed by atoms with Crippen molar-refractivity contribution in [2.24, 2.45) is 0 Å². The number of unbranched alkanes of at least 4 members (excludes halogenated alkanes) is 41. The third-order valence-electron chi connectivity index (χ3n) is 14.9. The van der Waals surface area contributed by atoms with Gasteiger partial charge in [-0.2, -0.15) is 0 Å². The number of ether oxygens (including phenoxy) is 2. The van der Waals surface area contributed by atoms with Crippen molar-refractivity contribution in [3.05, 3.63) is 12.2 Å². The first-order valence-electron chi connectivity index (χ1n) is 31.0. The van der Waals surface area contributed by atoms with Crippen LogP contribution >= 0.6 is 7.82 Å². The van der Waals surface area contributed by atoms with Crippen LogP contribution in [0.25, 0.3) is 0 Å². The molecular weight excluding hydrogens is 944 g/mol. The molecule has 0 aromatic heterocycles. The lowest BCUT2D eigenvalue weighted by Crippen LogP contribution is -2.64. The van der Waals surface area contributed by atoms with E-state index < -0.39 is 63.1 Å². The van der Waals surface area contributed by atoms with E-state index in [1.807, 2.05) is 0 Å². The molecule has 1 saturated carbocycles. The average Bonchev–Trinajstić information content (AvgIpc) is 3.38. The first-order chi connectivity index (χ1) is 35.5. The van der Waals surface area contributed by atoms with Crippen LogP contribution in [0.2, 0.25) is 0 Å². The molecule has 1 aliphatic carbocycles. The highest BCUT2D eigenvalue weighted by atomic mass is 31.2. The van der Waals surface area contributed by atoms with Gasteiger partial charge < -0.3 is 39.9 Å². The Kier molecular flexibility index (Phi) is 48.6. The molecule has 0 spiro atoms. The Balaban J connectivity index is 2.23. The molecule has 6 unspecified atom stereocenters. The van der Waals surface area contributed by atoms with Crippen LogP contribution in [0.4, 0.5) is 0 Å². The molecule has 0 bridgehead atoms. The average molecular weight is 1060 g/mol. The second-order valence-corrected chi connectivity index (χ2v) is 23.3. The van der Waals surface area contributed by atoms with E-state index in [4.69, 9.17) is 18.5 Å². The SMILES string of the molecule is CCCCCCCCCC/C=C\CCCCCCCCCCCCCCOCC(COP(=O)(O)OC1C(O)C(O)C(O)C(O)C1O)OC(=O)CCCCCCCCCCCCCCCCCCCCCCCC. The quantitative estimate of drug-likeness (QED) is 0.0146. The fourth-order valence-corrected chi connectivity index (χ4v) is 11.0. The van der Waals surface area contributed by atoms with Crippen LogP contribution in [0, 0.1) is 0 Å². The maximum atomic E-state index is 12.9. The predicted octanol–water partition coefficient (Wildman–Crippen LogP) is 15.4. The van der Waals surface area contributed by atoms with Gasteiger partial charge in [0.15, 0.2) is 0 Å². The molecule has 1 rings (SSSR count). The highest BCUT2D eigenvalue weighted by molar-refractivity contribution is 7.47. The number of phosphoric acid groups is 1. The van der Waals surface area contributed by atoms with Gasteiger partial charge in [0.2, 0.25) is 0 Å². The molecule has 6 N–H and O–H groups in total. The van der Waals surface area contributed by atoms with Gasteiger partial charge in [0, 0.05) is 13.0 Å². The van der Waals surface area contributed by atoms with Crippen LogP contribution in [-0.2, 0) is 27.9 Å². The summed E-state index contributed by atoms with van der Waals surface area (Å²) in [7, 11) is -5.02. The molecule has 0 aromatic rings. The first-order valence-corrected chi connectivity index (χ1v) is 32.5. The molecule has 0 aliphatic heterocycles. The molecular formula is C60H117O12P. The number of carbonyl (C=O) groups is 1. The van der Waals surface area contributed by atoms with Crippen LogP contribution in [0.3, 0.4) is 0 Å². The Bertz CT molecular complexity index is 1260. The number of hydrogen-bond donors (Lipinski definition) is 6. The summed E-state index contributed by atoms with van der Waals surface area (Å²) in [6, 6.07) is 0. The Hall–Kier alpha value is -0.920. The van der Waals surface area contributed by atoms with E-state index in [0.29, 0.717) is 13.0 Å². The summed E-state index contributed by atoms with van der Waals surface area (Å²) in [5, 5.41) is 50.5. The highest BCUT2D eigenvalue weighted by Crippen LogP contribution is 2.47. The second-order valence-electron chi connectivity index (χ2n) is 21.9. The summed E-state index contributed by atoms with van der Waals surface area (Å²) in [4.78, 5) is 23.4. The number of carbonyl (C=O) groups excluding carboxylic acids is 1. The number of aliphatic hydroxyl groups excluding tert-OH is 5. The van der Waals surface area contributed by atoms with Crippen molar-refractivity contribution < 1.29 is 58.3 Å². The molecule has 12 nitrogen and oxygen atoms in total. The number of allylic oxidation sites excluding steroid dienone is 2. The van der Waals surface area contributed by atoms with Gasteiger partial charge in [0.1, 0.15) is 42.7 Å². The van der Waals surface area contributed by atoms with Gasteiger partial charge >= 0.3 is 13.8 Å². The smallest absolute Gasteiger partial charge is 0.457 e. The number of phosphoric ester groups is 1. The van der Waals surface area contributed by atoms with Gasteiger partial charge in [0.05, 0.1) is 13.2 Å². The third-order valence-corrected chi connectivity index (χ3v) is 15.9. The van der Waals surface area contributed by atoms with Crippen LogP contribution in [0.1, 0.15) is 303 Å². The van der Waals surface area contributed by atoms with Gasteiger partial charge in [-0.15, -0.1) is 0 Å². The van der Waals surface area contributed by atoms with Crippen molar-refractivity contribution in [2.45, 2.75) is 346 Å². The fraction of sp³-hybridized carbons (Fsp3) is 0.950. The number of esters is 1. The molecule has 0 saturated heterocycles. The van der Waals surface area contributed by atoms with E-state index in [0.717, 1.165) is 38.5 Å². The minimum atomic E-state index is -5.02. The maximum absolute atomic E-state index is 12.9. The Labute approximate surface area is 448 Å². The highest BCUT2D eigenvalue weighted by Gasteiger charge is 2.51. The lowest BCUT2D eigenvalue weighted by molar-refractivity contribution is -0.220. The predicted molar refractivity (Wildman–Crippen MR) is 300 cm³/mol. The van der Waals surface area contributed by atoms with Crippen molar-refractivity contribution in [1.29, 1.82) is 0 Å². The second kappa shape index (κ2) is 50.6. The maximum Gasteiger partial charge on any atom is 0.472 e. The third kappa shape index (κ3) is 41.8. The Morgan fingerprint density at radius 2 is 0.726 bits per heavy atom. The van der Waals surface area contributed by atoms with E-state index in [1.165, 1.54) is 238 Å². The topological polar surface area (TPSA) is 192 Å². The molecule has 434 valence electrons. The zero-order chi connectivity index (χ0) is 53.3. The van der Waals surface area contributed by atoms with Crippen LogP contribution in [0.15, 0.2) is 12.2 Å². The standard InChI is InChI=1S/C60H117O12P/c1-3-5-7-9-11-13-15-17-19-21-23-25-27-28-30-32-34-36-38-40-42-44-46-48-50-69-51-53(52-70-73(67,68)72-60-58(65)56(63)55(62)57(64)59(60)66)71-54(61)49-47-45-43-41-39-37-35-33-31-29-26-24-22-20-18-16-14-12-10-8-6-4-2/h21,23,53,55-60,62-66H,3-20,22,24-52H2,1-2H3,(H,67,68)/b23-21-. The summed E-state index contributed by atoms with van der Waals surface area (Å²) >= 11 is 0. The van der Waals surface area contributed by atoms with Crippen molar-refractivity contribution >= 4 is 13.8 Å². The summed E-state index contributed by atoms with van der Waals surface area (Å²) in [5.74, 6) is -0.468. The summed E-state index contributed by atoms with van der Waals surface area (Å²) in [5.41, 5.74) is 0. The lowest BCUT2D eigenvalue weighted by Gasteiger charge is -2.41. The van der Waals surface area contributed by atoms with Gasteiger partial charge in [-0.25, -0.2) is 4.57 Å². The zero-order valence-corrected chi connectivity index (χ0v) is 48.1. The Morgan fingerprint density at radius 1 is 0.425 bits per heavy atom. The number of hydrogen-bond acceptors (Lipinski definition) is 11.